The number of amides is 1. The van der Waals surface area contributed by atoms with Crippen molar-refractivity contribution in [2.45, 2.75) is 44.8 Å². The molecule has 0 bridgehead atoms. The number of hydrogen-bond donors (Lipinski definition) is 1. The van der Waals surface area contributed by atoms with Crippen LogP contribution in [0.15, 0.2) is 0 Å². The van der Waals surface area contributed by atoms with Gasteiger partial charge in [-0.15, -0.1) is 0 Å². The molecular formula is C14H26N2O3. The third kappa shape index (κ3) is 4.75. The summed E-state index contributed by atoms with van der Waals surface area (Å²) in [4.78, 5) is 14.3. The van der Waals surface area contributed by atoms with Gasteiger partial charge in [-0.25, -0.2) is 0 Å². The predicted octanol–water partition coefficient (Wildman–Crippen LogP) is 0.783. The SMILES string of the molecule is CCO[C@H]1COC[C@@H]1NC(=O)CN1CCCCCC1. The molecule has 0 aliphatic carbocycles. The molecule has 19 heavy (non-hydrogen) atoms. The lowest BCUT2D eigenvalue weighted by Crippen LogP contribution is -2.47. The smallest absolute Gasteiger partial charge is 0.234 e. The molecule has 0 aromatic carbocycles. The molecule has 2 atom stereocenters. The van der Waals surface area contributed by atoms with E-state index in [9.17, 15) is 4.79 Å². The molecule has 1 N–H and O–H groups in total. The molecule has 2 heterocycles. The zero-order chi connectivity index (χ0) is 13.5. The number of nitrogens with zero attached hydrogens (tertiary/aromatic N) is 1. The number of likely N-dealkylation sites (tertiary alicyclic amines) is 1. The van der Waals surface area contributed by atoms with Gasteiger partial charge in [0, 0.05) is 6.61 Å². The molecule has 2 rings (SSSR count). The average molecular weight is 270 g/mol. The van der Waals surface area contributed by atoms with Crippen LogP contribution in [0, 0.1) is 0 Å². The van der Waals surface area contributed by atoms with E-state index < -0.39 is 0 Å². The van der Waals surface area contributed by atoms with Crippen LogP contribution in [0.2, 0.25) is 0 Å². The first-order valence-electron chi connectivity index (χ1n) is 7.50. The van der Waals surface area contributed by atoms with Crippen molar-refractivity contribution in [3.63, 3.8) is 0 Å². The van der Waals surface area contributed by atoms with E-state index in [0.29, 0.717) is 26.4 Å². The number of ether oxygens (including phenoxy) is 2. The molecule has 110 valence electrons. The van der Waals surface area contributed by atoms with Gasteiger partial charge in [-0.1, -0.05) is 12.8 Å². The predicted molar refractivity (Wildman–Crippen MR) is 73.1 cm³/mol. The van der Waals surface area contributed by atoms with E-state index in [1.54, 1.807) is 0 Å². The largest absolute Gasteiger partial charge is 0.376 e. The summed E-state index contributed by atoms with van der Waals surface area (Å²) >= 11 is 0. The van der Waals surface area contributed by atoms with Crippen molar-refractivity contribution < 1.29 is 14.3 Å². The minimum Gasteiger partial charge on any atom is -0.376 e. The molecule has 2 fully saturated rings. The van der Waals surface area contributed by atoms with Crippen molar-refractivity contribution >= 4 is 5.91 Å². The summed E-state index contributed by atoms with van der Waals surface area (Å²) in [6, 6.07) is 0.0134. The Morgan fingerprint density at radius 3 is 2.68 bits per heavy atom. The summed E-state index contributed by atoms with van der Waals surface area (Å²) < 4.78 is 11.0. The highest BCUT2D eigenvalue weighted by Gasteiger charge is 2.30. The Bertz CT molecular complexity index is 278. The van der Waals surface area contributed by atoms with Crippen LogP contribution in [0.4, 0.5) is 0 Å². The van der Waals surface area contributed by atoms with Crippen LogP contribution >= 0.6 is 0 Å². The van der Waals surface area contributed by atoms with Crippen LogP contribution in [0.1, 0.15) is 32.6 Å². The number of nitrogens with one attached hydrogen (secondary N) is 1. The Hall–Kier alpha value is -0.650. The van der Waals surface area contributed by atoms with Crippen molar-refractivity contribution in [1.29, 1.82) is 0 Å². The molecule has 1 amide bonds. The lowest BCUT2D eigenvalue weighted by Gasteiger charge is -2.22. The highest BCUT2D eigenvalue weighted by molar-refractivity contribution is 5.78. The molecule has 0 aromatic rings. The summed E-state index contributed by atoms with van der Waals surface area (Å²) in [5, 5.41) is 3.05. The zero-order valence-corrected chi connectivity index (χ0v) is 11.9. The first-order valence-corrected chi connectivity index (χ1v) is 7.50. The fraction of sp³-hybridized carbons (Fsp3) is 0.929. The molecule has 2 aliphatic rings. The summed E-state index contributed by atoms with van der Waals surface area (Å²) in [6.07, 6.45) is 5.02. The normalized spacial score (nSPS) is 29.1. The summed E-state index contributed by atoms with van der Waals surface area (Å²) in [7, 11) is 0. The summed E-state index contributed by atoms with van der Waals surface area (Å²) in [6.45, 7) is 6.38. The number of carbonyl (C=O) groups excluding carboxylic acids is 1. The first kappa shape index (κ1) is 14.8. The lowest BCUT2D eigenvalue weighted by molar-refractivity contribution is -0.123. The first-order chi connectivity index (χ1) is 9.29. The minimum atomic E-state index is 0.0121. The number of hydrogen-bond acceptors (Lipinski definition) is 4. The molecule has 5 nitrogen and oxygen atoms in total. The Labute approximate surface area is 115 Å². The van der Waals surface area contributed by atoms with Gasteiger partial charge in [0.1, 0.15) is 6.10 Å². The summed E-state index contributed by atoms with van der Waals surface area (Å²) in [5.41, 5.74) is 0. The van der Waals surface area contributed by atoms with Gasteiger partial charge in [-0.2, -0.15) is 0 Å². The van der Waals surface area contributed by atoms with Crippen molar-refractivity contribution in [3.05, 3.63) is 0 Å². The van der Waals surface area contributed by atoms with E-state index in [-0.39, 0.29) is 18.1 Å². The maximum atomic E-state index is 12.1. The van der Waals surface area contributed by atoms with Gasteiger partial charge in [0.2, 0.25) is 5.91 Å². The maximum absolute atomic E-state index is 12.1. The standard InChI is InChI=1S/C14H26N2O3/c1-2-19-13-11-18-10-12(13)15-14(17)9-16-7-5-3-4-6-8-16/h12-13H,2-11H2,1H3,(H,15,17)/t12-,13-/m0/s1. The lowest BCUT2D eigenvalue weighted by atomic mass is 10.2. The van der Waals surface area contributed by atoms with Crippen molar-refractivity contribution in [1.82, 2.24) is 10.2 Å². The fourth-order valence-electron chi connectivity index (χ4n) is 2.80. The van der Waals surface area contributed by atoms with Crippen LogP contribution < -0.4 is 5.32 Å². The second-order valence-corrected chi connectivity index (χ2v) is 5.40. The third-order valence-electron chi connectivity index (χ3n) is 3.82. The Kier molecular flexibility index (Phi) is 6.07. The van der Waals surface area contributed by atoms with Crippen LogP contribution in [0.25, 0.3) is 0 Å². The second kappa shape index (κ2) is 7.82. The van der Waals surface area contributed by atoms with Gasteiger partial charge >= 0.3 is 0 Å². The molecule has 2 saturated heterocycles. The molecule has 0 aromatic heterocycles. The monoisotopic (exact) mass is 270 g/mol. The van der Waals surface area contributed by atoms with Crippen molar-refractivity contribution in [2.24, 2.45) is 0 Å². The Morgan fingerprint density at radius 2 is 2.00 bits per heavy atom. The van der Waals surface area contributed by atoms with Crippen LogP contribution in [0.5, 0.6) is 0 Å². The molecular weight excluding hydrogens is 244 g/mol. The van der Waals surface area contributed by atoms with Crippen LogP contribution in [0.3, 0.4) is 0 Å². The van der Waals surface area contributed by atoms with E-state index in [0.717, 1.165) is 13.1 Å². The van der Waals surface area contributed by atoms with Gasteiger partial charge in [-0.3, -0.25) is 9.69 Å². The van der Waals surface area contributed by atoms with Gasteiger partial charge in [0.05, 0.1) is 25.8 Å². The highest BCUT2D eigenvalue weighted by Crippen LogP contribution is 2.11. The highest BCUT2D eigenvalue weighted by atomic mass is 16.5. The second-order valence-electron chi connectivity index (χ2n) is 5.40. The van der Waals surface area contributed by atoms with Crippen molar-refractivity contribution in [2.75, 3.05) is 39.5 Å². The summed E-state index contributed by atoms with van der Waals surface area (Å²) in [5.74, 6) is 0.0992. The van der Waals surface area contributed by atoms with Gasteiger partial charge in [0.25, 0.3) is 0 Å². The quantitative estimate of drug-likeness (QED) is 0.802. The van der Waals surface area contributed by atoms with E-state index in [2.05, 4.69) is 10.2 Å². The van der Waals surface area contributed by atoms with Gasteiger partial charge < -0.3 is 14.8 Å². The zero-order valence-electron chi connectivity index (χ0n) is 11.9. The van der Waals surface area contributed by atoms with E-state index in [1.165, 1.54) is 25.7 Å². The van der Waals surface area contributed by atoms with E-state index in [1.807, 2.05) is 6.92 Å². The maximum Gasteiger partial charge on any atom is 0.234 e. The molecule has 5 heteroatoms. The van der Waals surface area contributed by atoms with Crippen molar-refractivity contribution in [3.8, 4) is 0 Å². The van der Waals surface area contributed by atoms with Crippen LogP contribution in [-0.2, 0) is 14.3 Å². The topological polar surface area (TPSA) is 50.8 Å². The average Bonchev–Trinajstić information content (AvgIpc) is 2.65. The Balaban J connectivity index is 1.73. The van der Waals surface area contributed by atoms with E-state index >= 15 is 0 Å². The van der Waals surface area contributed by atoms with Crippen LogP contribution in [-0.4, -0.2) is 62.4 Å². The van der Waals surface area contributed by atoms with Gasteiger partial charge in [-0.05, 0) is 32.9 Å². The number of carbonyl (C=O) groups is 1. The molecule has 0 radical (unpaired) electrons. The Morgan fingerprint density at radius 1 is 1.26 bits per heavy atom. The molecule has 2 aliphatic heterocycles. The van der Waals surface area contributed by atoms with Gasteiger partial charge in [0.15, 0.2) is 0 Å². The molecule has 0 unspecified atom stereocenters. The fourth-order valence-corrected chi connectivity index (χ4v) is 2.80. The number of rotatable bonds is 5. The van der Waals surface area contributed by atoms with E-state index in [4.69, 9.17) is 9.47 Å². The minimum absolute atomic E-state index is 0.0121. The third-order valence-corrected chi connectivity index (χ3v) is 3.82. The molecule has 0 spiro atoms. The molecule has 0 saturated carbocycles.